The Hall–Kier alpha value is -1.13. The first kappa shape index (κ1) is 23.2. The SMILES string of the molecule is CCCCCCPc1cc(C(C)C)ccc1-c1c(C(C)C)cccc1C(C)C. The van der Waals surface area contributed by atoms with E-state index in [9.17, 15) is 0 Å². The molecular weight excluding hydrogens is 355 g/mol. The summed E-state index contributed by atoms with van der Waals surface area (Å²) in [6, 6.07) is 14.2. The Morgan fingerprint density at radius 1 is 0.750 bits per heavy atom. The van der Waals surface area contributed by atoms with Crippen molar-refractivity contribution >= 4 is 13.9 Å². The zero-order valence-corrected chi connectivity index (χ0v) is 20.2. The summed E-state index contributed by atoms with van der Waals surface area (Å²) in [5, 5.41) is 1.58. The van der Waals surface area contributed by atoms with Crippen molar-refractivity contribution in [3.05, 3.63) is 53.1 Å². The minimum Gasteiger partial charge on any atom is -0.0897 e. The van der Waals surface area contributed by atoms with Crippen molar-refractivity contribution in [2.24, 2.45) is 0 Å². The van der Waals surface area contributed by atoms with E-state index >= 15 is 0 Å². The zero-order valence-electron chi connectivity index (χ0n) is 19.2. The maximum Gasteiger partial charge on any atom is -0.0104 e. The van der Waals surface area contributed by atoms with Crippen LogP contribution in [0, 0.1) is 0 Å². The summed E-state index contributed by atoms with van der Waals surface area (Å²) < 4.78 is 0. The number of hydrogen-bond donors (Lipinski definition) is 0. The first-order valence-electron chi connectivity index (χ1n) is 11.4. The van der Waals surface area contributed by atoms with Gasteiger partial charge in [0.05, 0.1) is 0 Å². The second-order valence-electron chi connectivity index (χ2n) is 9.07. The van der Waals surface area contributed by atoms with Gasteiger partial charge >= 0.3 is 0 Å². The molecule has 154 valence electrons. The van der Waals surface area contributed by atoms with Gasteiger partial charge in [0, 0.05) is 0 Å². The van der Waals surface area contributed by atoms with Gasteiger partial charge in [-0.05, 0) is 63.5 Å². The molecule has 2 aromatic rings. The van der Waals surface area contributed by atoms with E-state index in [0.29, 0.717) is 17.8 Å². The van der Waals surface area contributed by atoms with Gasteiger partial charge in [0.25, 0.3) is 0 Å². The molecule has 0 aliphatic carbocycles. The summed E-state index contributed by atoms with van der Waals surface area (Å²) in [6.45, 7) is 16.2. The average Bonchev–Trinajstić information content (AvgIpc) is 2.66. The topological polar surface area (TPSA) is 0 Å². The smallest absolute Gasteiger partial charge is 0.0104 e. The Morgan fingerprint density at radius 2 is 1.39 bits per heavy atom. The molecule has 0 saturated heterocycles. The molecule has 0 aromatic heterocycles. The molecule has 0 amide bonds. The van der Waals surface area contributed by atoms with Crippen LogP contribution in [0.15, 0.2) is 36.4 Å². The highest BCUT2D eigenvalue weighted by Gasteiger charge is 2.18. The summed E-state index contributed by atoms with van der Waals surface area (Å²) in [5.41, 5.74) is 7.49. The van der Waals surface area contributed by atoms with Gasteiger partial charge < -0.3 is 0 Å². The van der Waals surface area contributed by atoms with Crippen LogP contribution in [-0.2, 0) is 0 Å². The van der Waals surface area contributed by atoms with Crippen molar-refractivity contribution in [3.8, 4) is 11.1 Å². The Balaban J connectivity index is 2.52. The second-order valence-corrected chi connectivity index (χ2v) is 10.5. The van der Waals surface area contributed by atoms with Crippen LogP contribution >= 0.6 is 8.58 Å². The summed E-state index contributed by atoms with van der Waals surface area (Å²) in [5.74, 6) is 1.67. The molecule has 2 rings (SSSR count). The van der Waals surface area contributed by atoms with E-state index in [1.165, 1.54) is 59.7 Å². The third-order valence-corrected chi connectivity index (χ3v) is 7.10. The molecule has 0 spiro atoms. The van der Waals surface area contributed by atoms with Crippen LogP contribution in [0.5, 0.6) is 0 Å². The monoisotopic (exact) mass is 396 g/mol. The molecule has 0 fully saturated rings. The maximum atomic E-state index is 2.51. The largest absolute Gasteiger partial charge is 0.0897 e. The fourth-order valence-electron chi connectivity index (χ4n) is 3.92. The lowest BCUT2D eigenvalue weighted by Crippen LogP contribution is -2.09. The highest BCUT2D eigenvalue weighted by molar-refractivity contribution is 7.47. The van der Waals surface area contributed by atoms with Gasteiger partial charge in [0.2, 0.25) is 0 Å². The first-order chi connectivity index (χ1) is 13.4. The number of rotatable bonds is 10. The van der Waals surface area contributed by atoms with E-state index in [1.54, 1.807) is 5.30 Å². The summed E-state index contributed by atoms with van der Waals surface area (Å²) in [6.07, 6.45) is 6.76. The molecule has 2 aromatic carbocycles. The van der Waals surface area contributed by atoms with Crippen LogP contribution in [0.25, 0.3) is 11.1 Å². The number of benzene rings is 2. The molecule has 1 atom stereocenters. The standard InChI is InChI=1S/C27H41P/c1-8-9-10-11-17-28-26-18-22(19(2)3)15-16-25(26)27-23(20(4)5)13-12-14-24(27)21(6)7/h12-16,18-21,28H,8-11,17H2,1-7H3. The lowest BCUT2D eigenvalue weighted by molar-refractivity contribution is 0.706. The van der Waals surface area contributed by atoms with Crippen LogP contribution in [0.4, 0.5) is 0 Å². The Bertz CT molecular complexity index is 714. The molecule has 1 unspecified atom stereocenters. The lowest BCUT2D eigenvalue weighted by atomic mass is 9.84. The number of hydrogen-bond acceptors (Lipinski definition) is 0. The van der Waals surface area contributed by atoms with Gasteiger partial charge in [-0.25, -0.2) is 0 Å². The average molecular weight is 397 g/mol. The van der Waals surface area contributed by atoms with Crippen molar-refractivity contribution < 1.29 is 0 Å². The molecule has 0 aliphatic heterocycles. The molecule has 0 aliphatic rings. The minimum absolute atomic E-state index is 0.541. The van der Waals surface area contributed by atoms with Gasteiger partial charge in [-0.15, -0.1) is 0 Å². The van der Waals surface area contributed by atoms with Crippen molar-refractivity contribution in [2.45, 2.75) is 91.9 Å². The Kier molecular flexibility index (Phi) is 9.23. The maximum absolute atomic E-state index is 2.51. The third-order valence-electron chi connectivity index (χ3n) is 5.70. The Morgan fingerprint density at radius 3 is 1.93 bits per heavy atom. The molecule has 28 heavy (non-hydrogen) atoms. The molecular formula is C27H41P. The fraction of sp³-hybridized carbons (Fsp3) is 0.556. The van der Waals surface area contributed by atoms with Crippen LogP contribution in [0.2, 0.25) is 0 Å². The lowest BCUT2D eigenvalue weighted by Gasteiger charge is -2.23. The van der Waals surface area contributed by atoms with Crippen LogP contribution in [0.3, 0.4) is 0 Å². The van der Waals surface area contributed by atoms with Gasteiger partial charge in [0.1, 0.15) is 0 Å². The van der Waals surface area contributed by atoms with Crippen molar-refractivity contribution in [3.63, 3.8) is 0 Å². The van der Waals surface area contributed by atoms with E-state index < -0.39 is 0 Å². The summed E-state index contributed by atoms with van der Waals surface area (Å²) in [7, 11) is 0.909. The van der Waals surface area contributed by atoms with Crippen LogP contribution in [0.1, 0.15) is 109 Å². The molecule has 0 N–H and O–H groups in total. The van der Waals surface area contributed by atoms with Crippen molar-refractivity contribution in [1.82, 2.24) is 0 Å². The number of unbranched alkanes of at least 4 members (excludes halogenated alkanes) is 3. The molecule has 0 heterocycles. The molecule has 0 bridgehead atoms. The summed E-state index contributed by atoms with van der Waals surface area (Å²) >= 11 is 0. The normalized spacial score (nSPS) is 12.2. The van der Waals surface area contributed by atoms with Gasteiger partial charge in [-0.3, -0.25) is 0 Å². The van der Waals surface area contributed by atoms with Gasteiger partial charge in [-0.1, -0.05) is 113 Å². The first-order valence-corrected chi connectivity index (χ1v) is 12.6. The highest BCUT2D eigenvalue weighted by atomic mass is 31.1. The zero-order chi connectivity index (χ0) is 20.7. The van der Waals surface area contributed by atoms with Gasteiger partial charge in [-0.2, -0.15) is 0 Å². The third kappa shape index (κ3) is 5.93. The highest BCUT2D eigenvalue weighted by Crippen LogP contribution is 2.38. The predicted octanol–water partition coefficient (Wildman–Crippen LogP) is 8.61. The summed E-state index contributed by atoms with van der Waals surface area (Å²) in [4.78, 5) is 0. The van der Waals surface area contributed by atoms with Gasteiger partial charge in [0.15, 0.2) is 0 Å². The minimum atomic E-state index is 0.541. The fourth-order valence-corrected chi connectivity index (χ4v) is 5.29. The molecule has 0 saturated carbocycles. The van der Waals surface area contributed by atoms with E-state index in [1.807, 2.05) is 0 Å². The molecule has 0 nitrogen and oxygen atoms in total. The predicted molar refractivity (Wildman–Crippen MR) is 131 cm³/mol. The molecule has 0 radical (unpaired) electrons. The van der Waals surface area contributed by atoms with E-state index in [-0.39, 0.29) is 0 Å². The van der Waals surface area contributed by atoms with Crippen LogP contribution in [-0.4, -0.2) is 6.16 Å². The van der Waals surface area contributed by atoms with E-state index in [2.05, 4.69) is 84.9 Å². The van der Waals surface area contributed by atoms with Crippen molar-refractivity contribution in [2.75, 3.05) is 6.16 Å². The quantitative estimate of drug-likeness (QED) is 0.278. The Labute approximate surface area is 176 Å². The second kappa shape index (κ2) is 11.2. The van der Waals surface area contributed by atoms with E-state index in [4.69, 9.17) is 0 Å². The molecule has 1 heteroatoms. The van der Waals surface area contributed by atoms with Crippen molar-refractivity contribution in [1.29, 1.82) is 0 Å². The van der Waals surface area contributed by atoms with Crippen LogP contribution < -0.4 is 5.30 Å². The van der Waals surface area contributed by atoms with E-state index in [0.717, 1.165) is 8.58 Å².